The van der Waals surface area contributed by atoms with Crippen molar-refractivity contribution in [2.24, 2.45) is 5.73 Å². The van der Waals surface area contributed by atoms with Crippen LogP contribution in [0.4, 0.5) is 5.69 Å². The van der Waals surface area contributed by atoms with E-state index in [0.29, 0.717) is 23.2 Å². The van der Waals surface area contributed by atoms with E-state index in [4.69, 9.17) is 5.73 Å². The Kier molecular flexibility index (Phi) is 3.35. The molecule has 19 heavy (non-hydrogen) atoms. The maximum Gasteiger partial charge on any atom is 0.261 e. The molecule has 6 nitrogen and oxygen atoms in total. The highest BCUT2D eigenvalue weighted by Gasteiger charge is 2.32. The van der Waals surface area contributed by atoms with Crippen molar-refractivity contribution in [3.05, 3.63) is 29.3 Å². The second-order valence-electron chi connectivity index (χ2n) is 4.43. The molecule has 0 spiro atoms. The van der Waals surface area contributed by atoms with E-state index in [1.807, 2.05) is 6.92 Å². The zero-order chi connectivity index (χ0) is 14.2. The quantitative estimate of drug-likeness (QED) is 0.779. The molecule has 1 aliphatic heterocycles. The third-order valence-electron chi connectivity index (χ3n) is 3.13. The molecular weight excluding hydrogens is 246 g/mol. The van der Waals surface area contributed by atoms with Crippen molar-refractivity contribution in [2.75, 3.05) is 12.4 Å². The molecule has 0 fully saturated rings. The van der Waals surface area contributed by atoms with Crippen LogP contribution in [0.2, 0.25) is 0 Å². The lowest BCUT2D eigenvalue weighted by atomic mass is 10.1. The standard InChI is InChI=1S/C13H15N3O3/c1-3-10(14)11(17)15-7-4-5-8-9(6-7)13(19)16(2)12(8)18/h4-6,10H,3,14H2,1-2H3,(H,15,17). The average Bonchev–Trinajstić information content (AvgIpc) is 2.63. The largest absolute Gasteiger partial charge is 0.325 e. The van der Waals surface area contributed by atoms with Crippen molar-refractivity contribution < 1.29 is 14.4 Å². The van der Waals surface area contributed by atoms with Crippen molar-refractivity contribution in [2.45, 2.75) is 19.4 Å². The fraction of sp³-hybridized carbons (Fsp3) is 0.308. The molecule has 1 heterocycles. The molecule has 3 amide bonds. The van der Waals surface area contributed by atoms with Gasteiger partial charge < -0.3 is 11.1 Å². The van der Waals surface area contributed by atoms with Gasteiger partial charge in [-0.3, -0.25) is 19.3 Å². The van der Waals surface area contributed by atoms with E-state index in [1.165, 1.54) is 19.2 Å². The van der Waals surface area contributed by atoms with E-state index in [0.717, 1.165) is 4.90 Å². The van der Waals surface area contributed by atoms with Gasteiger partial charge >= 0.3 is 0 Å². The number of amides is 3. The molecule has 1 aromatic carbocycles. The fourth-order valence-corrected chi connectivity index (χ4v) is 1.86. The number of rotatable bonds is 3. The SMILES string of the molecule is CCC(N)C(=O)Nc1ccc2c(c1)C(=O)N(C)C2=O. The van der Waals surface area contributed by atoms with Crippen LogP contribution in [0.5, 0.6) is 0 Å². The summed E-state index contributed by atoms with van der Waals surface area (Å²) >= 11 is 0. The summed E-state index contributed by atoms with van der Waals surface area (Å²) in [6.45, 7) is 1.81. The van der Waals surface area contributed by atoms with Gasteiger partial charge in [0.25, 0.3) is 11.8 Å². The van der Waals surface area contributed by atoms with E-state index in [9.17, 15) is 14.4 Å². The number of carbonyl (C=O) groups excluding carboxylic acids is 3. The van der Waals surface area contributed by atoms with E-state index >= 15 is 0 Å². The van der Waals surface area contributed by atoms with Crippen LogP contribution in [0.1, 0.15) is 34.1 Å². The van der Waals surface area contributed by atoms with Crippen LogP contribution in [0.25, 0.3) is 0 Å². The first kappa shape index (κ1) is 13.2. The molecule has 0 saturated heterocycles. The zero-order valence-electron chi connectivity index (χ0n) is 10.8. The third-order valence-corrected chi connectivity index (χ3v) is 3.13. The monoisotopic (exact) mass is 261 g/mol. The Hall–Kier alpha value is -2.21. The first-order valence-corrected chi connectivity index (χ1v) is 5.98. The first-order valence-electron chi connectivity index (χ1n) is 5.98. The number of benzene rings is 1. The summed E-state index contributed by atoms with van der Waals surface area (Å²) in [7, 11) is 1.43. The van der Waals surface area contributed by atoms with Gasteiger partial charge in [-0.25, -0.2) is 0 Å². The first-order chi connectivity index (χ1) is 8.95. The van der Waals surface area contributed by atoms with Crippen LogP contribution in [-0.2, 0) is 4.79 Å². The van der Waals surface area contributed by atoms with Gasteiger partial charge in [0, 0.05) is 12.7 Å². The van der Waals surface area contributed by atoms with Gasteiger partial charge in [0.15, 0.2) is 0 Å². The number of nitrogens with zero attached hydrogens (tertiary/aromatic N) is 1. The smallest absolute Gasteiger partial charge is 0.261 e. The molecule has 0 saturated carbocycles. The van der Waals surface area contributed by atoms with Gasteiger partial charge in [-0.2, -0.15) is 0 Å². The maximum absolute atomic E-state index is 11.8. The predicted octanol–water partition coefficient (Wildman–Crippen LogP) is 0.588. The lowest BCUT2D eigenvalue weighted by Crippen LogP contribution is -2.34. The molecule has 0 aliphatic carbocycles. The normalized spacial score (nSPS) is 15.4. The second kappa shape index (κ2) is 4.81. The minimum Gasteiger partial charge on any atom is -0.325 e. The molecular formula is C13H15N3O3. The molecule has 1 atom stereocenters. The molecule has 2 rings (SSSR count). The van der Waals surface area contributed by atoms with Gasteiger partial charge in [-0.1, -0.05) is 6.92 Å². The van der Waals surface area contributed by atoms with Crippen molar-refractivity contribution in [3.8, 4) is 0 Å². The summed E-state index contributed by atoms with van der Waals surface area (Å²) in [4.78, 5) is 36.2. The molecule has 1 aliphatic rings. The van der Waals surface area contributed by atoms with Crippen LogP contribution < -0.4 is 11.1 Å². The maximum atomic E-state index is 11.8. The minimum absolute atomic E-state index is 0.301. The van der Waals surface area contributed by atoms with E-state index in [1.54, 1.807) is 6.07 Å². The highest BCUT2D eigenvalue weighted by Crippen LogP contribution is 2.24. The number of hydrogen-bond donors (Lipinski definition) is 2. The molecule has 3 N–H and O–H groups in total. The van der Waals surface area contributed by atoms with Gasteiger partial charge in [-0.15, -0.1) is 0 Å². The highest BCUT2D eigenvalue weighted by molar-refractivity contribution is 6.21. The van der Waals surface area contributed by atoms with Crippen LogP contribution in [-0.4, -0.2) is 35.7 Å². The van der Waals surface area contributed by atoms with Crippen LogP contribution in [0, 0.1) is 0 Å². The summed E-state index contributed by atoms with van der Waals surface area (Å²) in [5.41, 5.74) is 6.72. The predicted molar refractivity (Wildman–Crippen MR) is 69.8 cm³/mol. The Morgan fingerprint density at radius 3 is 2.58 bits per heavy atom. The summed E-state index contributed by atoms with van der Waals surface area (Å²) in [5, 5.41) is 2.63. The Labute approximate surface area is 110 Å². The molecule has 1 unspecified atom stereocenters. The summed E-state index contributed by atoms with van der Waals surface area (Å²) in [6.07, 6.45) is 0.525. The Balaban J connectivity index is 2.26. The van der Waals surface area contributed by atoms with Gasteiger partial charge in [-0.05, 0) is 24.6 Å². The zero-order valence-corrected chi connectivity index (χ0v) is 10.8. The van der Waals surface area contributed by atoms with E-state index < -0.39 is 6.04 Å². The van der Waals surface area contributed by atoms with E-state index in [-0.39, 0.29) is 17.7 Å². The van der Waals surface area contributed by atoms with Crippen molar-refractivity contribution in [3.63, 3.8) is 0 Å². The third kappa shape index (κ3) is 2.22. The molecule has 100 valence electrons. The van der Waals surface area contributed by atoms with Crippen LogP contribution >= 0.6 is 0 Å². The fourth-order valence-electron chi connectivity index (χ4n) is 1.86. The number of imide groups is 1. The van der Waals surface area contributed by atoms with Gasteiger partial charge in [0.1, 0.15) is 0 Å². The number of fused-ring (bicyclic) bond motifs is 1. The average molecular weight is 261 g/mol. The Morgan fingerprint density at radius 1 is 1.32 bits per heavy atom. The summed E-state index contributed by atoms with van der Waals surface area (Å²) < 4.78 is 0. The minimum atomic E-state index is -0.590. The Morgan fingerprint density at radius 2 is 1.95 bits per heavy atom. The summed E-state index contributed by atoms with van der Waals surface area (Å²) in [6, 6.07) is 4.03. The molecule has 0 aromatic heterocycles. The van der Waals surface area contributed by atoms with Crippen LogP contribution in [0.15, 0.2) is 18.2 Å². The lowest BCUT2D eigenvalue weighted by molar-refractivity contribution is -0.117. The van der Waals surface area contributed by atoms with Gasteiger partial charge in [0.2, 0.25) is 5.91 Å². The lowest BCUT2D eigenvalue weighted by Gasteiger charge is -2.10. The molecule has 6 heteroatoms. The number of nitrogens with two attached hydrogens (primary N) is 1. The highest BCUT2D eigenvalue weighted by atomic mass is 16.2. The number of anilines is 1. The van der Waals surface area contributed by atoms with Gasteiger partial charge in [0.05, 0.1) is 17.2 Å². The van der Waals surface area contributed by atoms with Crippen molar-refractivity contribution >= 4 is 23.4 Å². The molecule has 1 aromatic rings. The van der Waals surface area contributed by atoms with Crippen molar-refractivity contribution in [1.82, 2.24) is 4.90 Å². The van der Waals surface area contributed by atoms with Crippen LogP contribution in [0.3, 0.4) is 0 Å². The van der Waals surface area contributed by atoms with E-state index in [2.05, 4.69) is 5.32 Å². The summed E-state index contributed by atoms with van der Waals surface area (Å²) in [5.74, 6) is -1.01. The Bertz CT molecular complexity index is 568. The van der Waals surface area contributed by atoms with Crippen molar-refractivity contribution in [1.29, 1.82) is 0 Å². The number of hydrogen-bond acceptors (Lipinski definition) is 4. The molecule has 0 radical (unpaired) electrons. The number of carbonyl (C=O) groups is 3. The second-order valence-corrected chi connectivity index (χ2v) is 4.43. The number of nitrogens with one attached hydrogen (secondary N) is 1. The molecule has 0 bridgehead atoms. The topological polar surface area (TPSA) is 92.5 Å².